The second-order valence-electron chi connectivity index (χ2n) is 5.14. The predicted octanol–water partition coefficient (Wildman–Crippen LogP) is 3.66. The van der Waals surface area contributed by atoms with Crippen molar-refractivity contribution in [2.75, 3.05) is 7.11 Å². The number of esters is 1. The summed E-state index contributed by atoms with van der Waals surface area (Å²) in [6, 6.07) is 10.9. The Morgan fingerprint density at radius 2 is 1.88 bits per heavy atom. The van der Waals surface area contributed by atoms with Crippen LogP contribution in [-0.4, -0.2) is 21.5 Å². The van der Waals surface area contributed by atoms with Crippen molar-refractivity contribution in [3.05, 3.63) is 74.6 Å². The van der Waals surface area contributed by atoms with Gasteiger partial charge in [-0.2, -0.15) is 16.1 Å². The van der Waals surface area contributed by atoms with E-state index in [9.17, 15) is 13.2 Å². The van der Waals surface area contributed by atoms with E-state index >= 15 is 0 Å². The highest BCUT2D eigenvalue weighted by Crippen LogP contribution is 2.29. The van der Waals surface area contributed by atoms with Gasteiger partial charge >= 0.3 is 5.97 Å². The van der Waals surface area contributed by atoms with Crippen LogP contribution in [0.25, 0.3) is 0 Å². The van der Waals surface area contributed by atoms with Gasteiger partial charge in [0.25, 0.3) is 0 Å². The van der Waals surface area contributed by atoms with E-state index in [1.807, 2.05) is 34.3 Å². The van der Waals surface area contributed by atoms with Crippen molar-refractivity contribution in [3.63, 3.8) is 0 Å². The van der Waals surface area contributed by atoms with E-state index < -0.39 is 22.0 Å². The number of rotatable bonds is 6. The molecule has 2 aromatic heterocycles. The molecule has 0 aliphatic carbocycles. The largest absolute Gasteiger partial charge is 0.465 e. The van der Waals surface area contributed by atoms with Crippen molar-refractivity contribution >= 4 is 38.7 Å². The van der Waals surface area contributed by atoms with Gasteiger partial charge in [0.15, 0.2) is 0 Å². The SMILES string of the molecule is COC(=O)c1ccc(S(=O)(=O)N[C@H](c2ccsc2)c2cccs2)cc1. The van der Waals surface area contributed by atoms with Crippen molar-refractivity contribution in [3.8, 4) is 0 Å². The molecule has 1 aromatic carbocycles. The third kappa shape index (κ3) is 3.98. The fraction of sp³-hybridized carbons (Fsp3) is 0.118. The molecule has 0 aliphatic rings. The fourth-order valence-electron chi connectivity index (χ4n) is 2.30. The zero-order valence-corrected chi connectivity index (χ0v) is 15.7. The summed E-state index contributed by atoms with van der Waals surface area (Å²) < 4.78 is 32.9. The molecule has 0 saturated carbocycles. The normalized spacial score (nSPS) is 12.7. The Balaban J connectivity index is 1.90. The Morgan fingerprint density at radius 3 is 2.44 bits per heavy atom. The smallest absolute Gasteiger partial charge is 0.337 e. The van der Waals surface area contributed by atoms with Crippen LogP contribution >= 0.6 is 22.7 Å². The summed E-state index contributed by atoms with van der Waals surface area (Å²) in [7, 11) is -2.47. The first kappa shape index (κ1) is 17.8. The van der Waals surface area contributed by atoms with Crippen LogP contribution in [0.1, 0.15) is 26.8 Å². The van der Waals surface area contributed by atoms with Crippen LogP contribution in [0, 0.1) is 0 Å². The molecule has 2 heterocycles. The fourth-order valence-corrected chi connectivity index (χ4v) is 5.06. The van der Waals surface area contributed by atoms with Crippen molar-refractivity contribution in [2.24, 2.45) is 0 Å². The molecule has 0 unspecified atom stereocenters. The minimum absolute atomic E-state index is 0.0944. The van der Waals surface area contributed by atoms with Crippen LogP contribution in [0.5, 0.6) is 0 Å². The number of sulfonamides is 1. The quantitative estimate of drug-likeness (QED) is 0.649. The molecule has 0 radical (unpaired) electrons. The summed E-state index contributed by atoms with van der Waals surface area (Å²) in [5, 5.41) is 5.75. The van der Waals surface area contributed by atoms with Gasteiger partial charge in [-0.15, -0.1) is 11.3 Å². The first-order valence-electron chi connectivity index (χ1n) is 7.27. The molecule has 0 amide bonds. The summed E-state index contributed by atoms with van der Waals surface area (Å²) in [6.07, 6.45) is 0. The molecule has 1 N–H and O–H groups in total. The monoisotopic (exact) mass is 393 g/mol. The maximum Gasteiger partial charge on any atom is 0.337 e. The van der Waals surface area contributed by atoms with Gasteiger partial charge in [-0.05, 0) is 58.1 Å². The van der Waals surface area contributed by atoms with E-state index in [1.54, 1.807) is 0 Å². The number of carbonyl (C=O) groups is 1. The Morgan fingerprint density at radius 1 is 1.12 bits per heavy atom. The highest BCUT2D eigenvalue weighted by atomic mass is 32.2. The standard InChI is InChI=1S/C17H15NO4S3/c1-22-17(19)12-4-6-14(7-5-12)25(20,21)18-16(13-8-10-23-11-13)15-3-2-9-24-15/h2-11,16,18H,1H3/t16-/m1/s1. The Labute approximate surface area is 154 Å². The lowest BCUT2D eigenvalue weighted by atomic mass is 10.1. The zero-order chi connectivity index (χ0) is 17.9. The lowest BCUT2D eigenvalue weighted by Crippen LogP contribution is -2.28. The number of hydrogen-bond acceptors (Lipinski definition) is 6. The number of nitrogens with one attached hydrogen (secondary N) is 1. The van der Waals surface area contributed by atoms with E-state index in [0.29, 0.717) is 5.56 Å². The Kier molecular flexibility index (Phi) is 5.33. The topological polar surface area (TPSA) is 72.5 Å². The van der Waals surface area contributed by atoms with Crippen LogP contribution in [0.15, 0.2) is 63.5 Å². The minimum atomic E-state index is -3.75. The van der Waals surface area contributed by atoms with E-state index in [4.69, 9.17) is 0 Å². The summed E-state index contributed by atoms with van der Waals surface area (Å²) in [6.45, 7) is 0. The van der Waals surface area contributed by atoms with E-state index in [1.165, 1.54) is 54.0 Å². The second-order valence-corrected chi connectivity index (χ2v) is 8.62. The third-order valence-electron chi connectivity index (χ3n) is 3.56. The second kappa shape index (κ2) is 7.49. The van der Waals surface area contributed by atoms with Crippen molar-refractivity contribution in [1.82, 2.24) is 4.72 Å². The van der Waals surface area contributed by atoms with Crippen LogP contribution < -0.4 is 4.72 Å². The van der Waals surface area contributed by atoms with Gasteiger partial charge in [-0.25, -0.2) is 13.2 Å². The van der Waals surface area contributed by atoms with Crippen LogP contribution in [-0.2, 0) is 14.8 Å². The minimum Gasteiger partial charge on any atom is -0.465 e. The molecule has 25 heavy (non-hydrogen) atoms. The number of thiophene rings is 2. The first-order chi connectivity index (χ1) is 12.0. The number of ether oxygens (including phenoxy) is 1. The molecule has 3 rings (SSSR count). The lowest BCUT2D eigenvalue weighted by molar-refractivity contribution is 0.0600. The van der Waals surface area contributed by atoms with E-state index in [0.717, 1.165) is 10.4 Å². The average molecular weight is 394 g/mol. The summed E-state index contributed by atoms with van der Waals surface area (Å²) in [5.41, 5.74) is 1.19. The molecule has 0 saturated heterocycles. The molecule has 0 spiro atoms. The first-order valence-corrected chi connectivity index (χ1v) is 10.6. The van der Waals surface area contributed by atoms with Crippen LogP contribution in [0.2, 0.25) is 0 Å². The molecule has 8 heteroatoms. The molecule has 130 valence electrons. The number of methoxy groups -OCH3 is 1. The van der Waals surface area contributed by atoms with Crippen molar-refractivity contribution in [2.45, 2.75) is 10.9 Å². The molecule has 3 aromatic rings. The highest BCUT2D eigenvalue weighted by Gasteiger charge is 2.24. The van der Waals surface area contributed by atoms with Gasteiger partial charge in [0.05, 0.1) is 23.6 Å². The van der Waals surface area contributed by atoms with Gasteiger partial charge in [0, 0.05) is 4.88 Å². The van der Waals surface area contributed by atoms with Gasteiger partial charge in [-0.3, -0.25) is 0 Å². The number of hydrogen-bond donors (Lipinski definition) is 1. The Hall–Kier alpha value is -2.00. The summed E-state index contributed by atoms with van der Waals surface area (Å²) in [4.78, 5) is 12.5. The molecule has 0 fully saturated rings. The maximum absolute atomic E-state index is 12.8. The summed E-state index contributed by atoms with van der Waals surface area (Å²) >= 11 is 3.00. The number of carbonyl (C=O) groups excluding carboxylic acids is 1. The van der Waals surface area contributed by atoms with Crippen LogP contribution in [0.3, 0.4) is 0 Å². The maximum atomic E-state index is 12.8. The van der Waals surface area contributed by atoms with Gasteiger partial charge in [0.1, 0.15) is 0 Å². The highest BCUT2D eigenvalue weighted by molar-refractivity contribution is 7.89. The third-order valence-corrected chi connectivity index (χ3v) is 6.64. The van der Waals surface area contributed by atoms with Gasteiger partial charge < -0.3 is 4.74 Å². The van der Waals surface area contributed by atoms with Crippen molar-refractivity contribution < 1.29 is 17.9 Å². The summed E-state index contributed by atoms with van der Waals surface area (Å²) in [5.74, 6) is -0.508. The molecular weight excluding hydrogens is 378 g/mol. The lowest BCUT2D eigenvalue weighted by Gasteiger charge is -2.17. The molecule has 5 nitrogen and oxygen atoms in total. The molecule has 0 bridgehead atoms. The Bertz CT molecular complexity index is 896. The van der Waals surface area contributed by atoms with E-state index in [-0.39, 0.29) is 4.90 Å². The zero-order valence-electron chi connectivity index (χ0n) is 13.2. The van der Waals surface area contributed by atoms with Gasteiger partial charge in [-0.1, -0.05) is 6.07 Å². The molecular formula is C17H15NO4S3. The average Bonchev–Trinajstić information content (AvgIpc) is 3.33. The van der Waals surface area contributed by atoms with Gasteiger partial charge in [0.2, 0.25) is 10.0 Å². The van der Waals surface area contributed by atoms with Crippen LogP contribution in [0.4, 0.5) is 0 Å². The van der Waals surface area contributed by atoms with Crippen molar-refractivity contribution in [1.29, 1.82) is 0 Å². The molecule has 0 aliphatic heterocycles. The molecule has 1 atom stereocenters. The number of benzene rings is 1. The van der Waals surface area contributed by atoms with E-state index in [2.05, 4.69) is 9.46 Å². The predicted molar refractivity (Wildman–Crippen MR) is 98.6 cm³/mol.